The number of hydrogen-bond acceptors (Lipinski definition) is 6. The minimum atomic E-state index is -0.364. The molecule has 1 aliphatic heterocycles. The van der Waals surface area contributed by atoms with Crippen LogP contribution >= 0.6 is 11.3 Å². The number of piperidine rings is 1. The highest BCUT2D eigenvalue weighted by molar-refractivity contribution is 7.16. The van der Waals surface area contributed by atoms with E-state index in [2.05, 4.69) is 38.7 Å². The minimum Gasteiger partial charge on any atom is -0.371 e. The van der Waals surface area contributed by atoms with Crippen LogP contribution in [0.1, 0.15) is 68.5 Å². The van der Waals surface area contributed by atoms with Crippen molar-refractivity contribution in [3.8, 4) is 6.07 Å². The van der Waals surface area contributed by atoms with Gasteiger partial charge in [0.2, 0.25) is 0 Å². The number of nitro benzene ring substituents is 1. The molecule has 1 atom stereocenters. The first-order valence-electron chi connectivity index (χ1n) is 11.8. The number of non-ortho nitro benzene ring substituents is 1. The summed E-state index contributed by atoms with van der Waals surface area (Å²) in [7, 11) is 0. The molecule has 6 nitrogen and oxygen atoms in total. The Morgan fingerprint density at radius 2 is 2.00 bits per heavy atom. The second-order valence-electron chi connectivity index (χ2n) is 10.5. The monoisotopic (exact) mass is 464 g/mol. The fraction of sp³-hybridized carbons (Fsp3) is 0.538. The summed E-state index contributed by atoms with van der Waals surface area (Å²) < 4.78 is 0. The third kappa shape index (κ3) is 4.96. The van der Waals surface area contributed by atoms with E-state index in [0.717, 1.165) is 67.0 Å². The van der Waals surface area contributed by atoms with Crippen LogP contribution in [0.15, 0.2) is 23.2 Å². The molecule has 4 rings (SSSR count). The van der Waals surface area contributed by atoms with Crippen molar-refractivity contribution in [3.05, 3.63) is 49.9 Å². The van der Waals surface area contributed by atoms with Gasteiger partial charge in [-0.05, 0) is 61.0 Å². The normalized spacial score (nSPS) is 19.5. The van der Waals surface area contributed by atoms with Gasteiger partial charge in [-0.2, -0.15) is 5.26 Å². The average molecular weight is 465 g/mol. The van der Waals surface area contributed by atoms with Gasteiger partial charge < -0.3 is 4.90 Å². The molecule has 1 fully saturated rings. The number of fused-ring (bicyclic) bond motifs is 1. The standard InChI is InChI=1S/C26H32N4O2S/c1-17-9-11-29(12-10-17)23-8-6-20(30(31)32)13-18(23)16-28-25-22(15-27)21-7-5-19(26(2,3)4)14-24(21)33-25/h6,8,13,16-17,19H,5,7,9-12,14H2,1-4H3/t19-/m1/s1. The van der Waals surface area contributed by atoms with Crippen LogP contribution in [0.2, 0.25) is 0 Å². The van der Waals surface area contributed by atoms with Crippen LogP contribution in [-0.4, -0.2) is 24.2 Å². The van der Waals surface area contributed by atoms with E-state index < -0.39 is 0 Å². The molecule has 0 bridgehead atoms. The van der Waals surface area contributed by atoms with Crippen molar-refractivity contribution in [2.24, 2.45) is 22.2 Å². The SMILES string of the molecule is CC1CCN(c2ccc([N+](=O)[O-])cc2C=Nc2sc3c(c2C#N)CC[C@@H](C(C)(C)C)C3)CC1. The van der Waals surface area contributed by atoms with Crippen molar-refractivity contribution in [1.29, 1.82) is 5.26 Å². The van der Waals surface area contributed by atoms with Crippen molar-refractivity contribution in [1.82, 2.24) is 0 Å². The lowest BCUT2D eigenvalue weighted by Crippen LogP contribution is -2.33. The molecule has 2 aromatic rings. The zero-order valence-electron chi connectivity index (χ0n) is 19.9. The minimum absolute atomic E-state index is 0.0598. The Morgan fingerprint density at radius 3 is 2.64 bits per heavy atom. The maximum atomic E-state index is 11.4. The van der Waals surface area contributed by atoms with Gasteiger partial charge in [-0.1, -0.05) is 27.7 Å². The summed E-state index contributed by atoms with van der Waals surface area (Å²) in [4.78, 5) is 19.3. The largest absolute Gasteiger partial charge is 0.371 e. The summed E-state index contributed by atoms with van der Waals surface area (Å²) in [5.74, 6) is 1.29. The van der Waals surface area contributed by atoms with Crippen LogP contribution in [0.3, 0.4) is 0 Å². The first-order valence-corrected chi connectivity index (χ1v) is 12.6. The molecule has 1 aliphatic carbocycles. The predicted molar refractivity (Wildman–Crippen MR) is 135 cm³/mol. The third-order valence-corrected chi connectivity index (χ3v) is 8.41. The Kier molecular flexibility index (Phi) is 6.58. The van der Waals surface area contributed by atoms with Gasteiger partial charge in [0.05, 0.1) is 10.5 Å². The Bertz CT molecular complexity index is 1110. The molecule has 0 saturated carbocycles. The molecule has 174 valence electrons. The number of thiophene rings is 1. The highest BCUT2D eigenvalue weighted by atomic mass is 32.1. The zero-order chi connectivity index (χ0) is 23.8. The van der Waals surface area contributed by atoms with Crippen molar-refractivity contribution in [2.45, 2.75) is 59.8 Å². The number of hydrogen-bond donors (Lipinski definition) is 0. The lowest BCUT2D eigenvalue weighted by molar-refractivity contribution is -0.384. The van der Waals surface area contributed by atoms with Crippen LogP contribution in [0, 0.1) is 38.7 Å². The van der Waals surface area contributed by atoms with E-state index in [4.69, 9.17) is 4.99 Å². The fourth-order valence-electron chi connectivity index (χ4n) is 4.94. The molecular formula is C26H32N4O2S. The van der Waals surface area contributed by atoms with Gasteiger partial charge in [-0.25, -0.2) is 4.99 Å². The molecule has 1 saturated heterocycles. The zero-order valence-corrected chi connectivity index (χ0v) is 20.7. The molecule has 2 heterocycles. The number of rotatable bonds is 4. The Morgan fingerprint density at radius 1 is 1.27 bits per heavy atom. The van der Waals surface area contributed by atoms with Crippen molar-refractivity contribution in [3.63, 3.8) is 0 Å². The van der Waals surface area contributed by atoms with Gasteiger partial charge >= 0.3 is 0 Å². The number of nitro groups is 1. The third-order valence-electron chi connectivity index (χ3n) is 7.25. The van der Waals surface area contributed by atoms with Crippen LogP contribution in [0.25, 0.3) is 0 Å². The number of nitriles is 1. The van der Waals surface area contributed by atoms with Gasteiger partial charge in [0.15, 0.2) is 0 Å². The number of anilines is 1. The molecule has 0 N–H and O–H groups in total. The average Bonchev–Trinajstić information content (AvgIpc) is 3.14. The van der Waals surface area contributed by atoms with Gasteiger partial charge in [0.25, 0.3) is 5.69 Å². The molecule has 1 aromatic heterocycles. The molecule has 33 heavy (non-hydrogen) atoms. The fourth-order valence-corrected chi connectivity index (χ4v) is 6.16. The summed E-state index contributed by atoms with van der Waals surface area (Å²) in [5.41, 5.74) is 3.84. The first-order chi connectivity index (χ1) is 15.7. The molecule has 0 spiro atoms. The number of benzene rings is 1. The Hall–Kier alpha value is -2.72. The summed E-state index contributed by atoms with van der Waals surface area (Å²) in [6, 6.07) is 7.40. The van der Waals surface area contributed by atoms with E-state index >= 15 is 0 Å². The topological polar surface area (TPSA) is 82.5 Å². The number of nitrogens with zero attached hydrogens (tertiary/aromatic N) is 4. The highest BCUT2D eigenvalue weighted by Gasteiger charge is 2.32. The van der Waals surface area contributed by atoms with Gasteiger partial charge in [0.1, 0.15) is 11.1 Å². The Labute approximate surface area is 200 Å². The molecule has 1 aromatic carbocycles. The van der Waals surface area contributed by atoms with Crippen LogP contribution in [0.4, 0.5) is 16.4 Å². The maximum Gasteiger partial charge on any atom is 0.270 e. The molecule has 0 radical (unpaired) electrons. The predicted octanol–water partition coefficient (Wildman–Crippen LogP) is 6.67. The van der Waals surface area contributed by atoms with E-state index in [1.54, 1.807) is 29.7 Å². The van der Waals surface area contributed by atoms with Gasteiger partial charge in [-0.3, -0.25) is 10.1 Å². The summed E-state index contributed by atoms with van der Waals surface area (Å²) >= 11 is 1.61. The number of aliphatic imine (C=N–C) groups is 1. The van der Waals surface area contributed by atoms with E-state index in [0.29, 0.717) is 17.4 Å². The summed E-state index contributed by atoms with van der Waals surface area (Å²) in [5, 5.41) is 22.0. The van der Waals surface area contributed by atoms with Crippen LogP contribution in [-0.2, 0) is 12.8 Å². The maximum absolute atomic E-state index is 11.4. The first kappa shape index (κ1) is 23.4. The van der Waals surface area contributed by atoms with E-state index in [-0.39, 0.29) is 16.0 Å². The molecule has 7 heteroatoms. The molecule has 0 unspecified atom stereocenters. The highest BCUT2D eigenvalue weighted by Crippen LogP contribution is 2.45. The lowest BCUT2D eigenvalue weighted by Gasteiger charge is -2.33. The van der Waals surface area contributed by atoms with Crippen molar-refractivity contribution < 1.29 is 4.92 Å². The summed E-state index contributed by atoms with van der Waals surface area (Å²) in [6.07, 6.45) is 6.94. The molecular weight excluding hydrogens is 432 g/mol. The molecule has 0 amide bonds. The molecule has 2 aliphatic rings. The lowest BCUT2D eigenvalue weighted by atomic mass is 9.72. The Balaban J connectivity index is 1.68. The summed E-state index contributed by atoms with van der Waals surface area (Å²) in [6.45, 7) is 11.0. The quantitative estimate of drug-likeness (QED) is 0.287. The van der Waals surface area contributed by atoms with Gasteiger partial charge in [-0.15, -0.1) is 11.3 Å². The van der Waals surface area contributed by atoms with Crippen LogP contribution in [0.5, 0.6) is 0 Å². The smallest absolute Gasteiger partial charge is 0.270 e. The van der Waals surface area contributed by atoms with Crippen molar-refractivity contribution >= 4 is 33.9 Å². The van der Waals surface area contributed by atoms with E-state index in [9.17, 15) is 15.4 Å². The van der Waals surface area contributed by atoms with E-state index in [1.807, 2.05) is 6.07 Å². The van der Waals surface area contributed by atoms with Gasteiger partial charge in [0, 0.05) is 47.6 Å². The van der Waals surface area contributed by atoms with Crippen LogP contribution < -0.4 is 4.90 Å². The van der Waals surface area contributed by atoms with E-state index in [1.165, 1.54) is 4.88 Å². The second kappa shape index (κ2) is 9.26. The second-order valence-corrected chi connectivity index (χ2v) is 11.6. The van der Waals surface area contributed by atoms with Crippen molar-refractivity contribution in [2.75, 3.05) is 18.0 Å².